The Labute approximate surface area is 310 Å². The van der Waals surface area contributed by atoms with E-state index in [4.69, 9.17) is 11.6 Å². The third-order valence-electron chi connectivity index (χ3n) is 10.2. The molecular formula is C48H51ClN2. The van der Waals surface area contributed by atoms with Crippen molar-refractivity contribution in [2.24, 2.45) is 0 Å². The van der Waals surface area contributed by atoms with E-state index in [-0.39, 0.29) is 23.9 Å². The summed E-state index contributed by atoms with van der Waals surface area (Å²) >= 11 is 7.22. The van der Waals surface area contributed by atoms with E-state index in [1.807, 2.05) is 0 Å². The van der Waals surface area contributed by atoms with Gasteiger partial charge in [-0.15, -0.1) is 0 Å². The van der Waals surface area contributed by atoms with Crippen LogP contribution in [0.2, 0.25) is 5.02 Å². The van der Waals surface area contributed by atoms with E-state index in [1.165, 1.54) is 39.1 Å². The van der Waals surface area contributed by atoms with Gasteiger partial charge in [0.15, 0.2) is 0 Å². The van der Waals surface area contributed by atoms with E-state index < -0.39 is 0 Å². The molecular weight excluding hydrogens is 640 g/mol. The smallest absolute Gasteiger partial charge is 0.0432 e. The van der Waals surface area contributed by atoms with Gasteiger partial charge >= 0.3 is 0 Å². The number of benzene rings is 6. The standard InChI is InChI=1S/C48H51ClN2/c1-32(2)41-28-19-29-42(33(3)4)47(41)50-34(5)35(6)51-48-43(45(36-20-11-7-12-21-36)37-22-13-8-14-23-37)30-40(49)31-44(48)46(38-24-15-9-16-25-38)39-26-17-10-18-27-39/h7-35,45-46,50-51H,1-6H3. The van der Waals surface area contributed by atoms with E-state index >= 15 is 0 Å². The number of anilines is 2. The second kappa shape index (κ2) is 16.5. The molecule has 0 aliphatic carbocycles. The lowest BCUT2D eigenvalue weighted by atomic mass is 9.78. The van der Waals surface area contributed by atoms with Crippen molar-refractivity contribution in [3.63, 3.8) is 0 Å². The lowest BCUT2D eigenvalue weighted by Crippen LogP contribution is -2.36. The molecule has 2 N–H and O–H groups in total. The molecule has 0 saturated heterocycles. The highest BCUT2D eigenvalue weighted by molar-refractivity contribution is 6.30. The van der Waals surface area contributed by atoms with Gasteiger partial charge in [0.25, 0.3) is 0 Å². The fourth-order valence-electron chi connectivity index (χ4n) is 7.38. The monoisotopic (exact) mass is 690 g/mol. The summed E-state index contributed by atoms with van der Waals surface area (Å²) in [5, 5.41) is 8.88. The molecule has 6 aromatic rings. The van der Waals surface area contributed by atoms with E-state index in [9.17, 15) is 0 Å². The maximum atomic E-state index is 7.22. The van der Waals surface area contributed by atoms with Gasteiger partial charge in [-0.2, -0.15) is 0 Å². The molecule has 0 amide bonds. The van der Waals surface area contributed by atoms with E-state index in [0.29, 0.717) is 11.8 Å². The molecule has 6 rings (SSSR count). The van der Waals surface area contributed by atoms with Crippen molar-refractivity contribution < 1.29 is 0 Å². The van der Waals surface area contributed by atoms with Crippen LogP contribution >= 0.6 is 11.6 Å². The third kappa shape index (κ3) is 8.24. The number of halogens is 1. The van der Waals surface area contributed by atoms with Crippen molar-refractivity contribution in [2.45, 2.75) is 77.3 Å². The Bertz CT molecular complexity index is 1780. The first-order chi connectivity index (χ1) is 24.7. The summed E-state index contributed by atoms with van der Waals surface area (Å²) in [4.78, 5) is 0. The molecule has 51 heavy (non-hydrogen) atoms. The number of para-hydroxylation sites is 1. The molecule has 2 nitrogen and oxygen atoms in total. The Morgan fingerprint density at radius 1 is 0.373 bits per heavy atom. The van der Waals surface area contributed by atoms with Crippen molar-refractivity contribution in [3.8, 4) is 0 Å². The lowest BCUT2D eigenvalue weighted by molar-refractivity contribution is 0.669. The molecule has 0 spiro atoms. The molecule has 0 aliphatic heterocycles. The van der Waals surface area contributed by atoms with Gasteiger partial charge in [0.05, 0.1) is 0 Å². The van der Waals surface area contributed by atoms with Gasteiger partial charge in [0.2, 0.25) is 0 Å². The topological polar surface area (TPSA) is 24.1 Å². The molecule has 0 aliphatic rings. The minimum absolute atomic E-state index is 0.0378. The minimum atomic E-state index is -0.0378. The van der Waals surface area contributed by atoms with Crippen molar-refractivity contribution >= 4 is 23.0 Å². The average Bonchev–Trinajstić information content (AvgIpc) is 3.14. The zero-order valence-corrected chi connectivity index (χ0v) is 31.5. The quantitative estimate of drug-likeness (QED) is 0.118. The Balaban J connectivity index is 1.55. The summed E-state index contributed by atoms with van der Waals surface area (Å²) in [6.45, 7) is 13.7. The van der Waals surface area contributed by atoms with E-state index in [2.05, 4.69) is 204 Å². The van der Waals surface area contributed by atoms with Crippen LogP contribution < -0.4 is 10.6 Å². The lowest BCUT2D eigenvalue weighted by Gasteiger charge is -2.33. The molecule has 6 aromatic carbocycles. The molecule has 0 bridgehead atoms. The van der Waals surface area contributed by atoms with Crippen LogP contribution in [0.4, 0.5) is 11.4 Å². The van der Waals surface area contributed by atoms with Crippen molar-refractivity contribution in [3.05, 3.63) is 201 Å². The molecule has 2 unspecified atom stereocenters. The van der Waals surface area contributed by atoms with Gasteiger partial charge in [-0.25, -0.2) is 0 Å². The second-order valence-electron chi connectivity index (χ2n) is 14.5. The molecule has 0 heterocycles. The predicted molar refractivity (Wildman–Crippen MR) is 220 cm³/mol. The summed E-state index contributed by atoms with van der Waals surface area (Å²) < 4.78 is 0. The van der Waals surface area contributed by atoms with Crippen molar-refractivity contribution in [2.75, 3.05) is 10.6 Å². The highest BCUT2D eigenvalue weighted by Crippen LogP contribution is 2.45. The molecule has 0 aromatic heterocycles. The van der Waals surface area contributed by atoms with Crippen LogP contribution in [0.15, 0.2) is 152 Å². The first kappa shape index (κ1) is 36.0. The molecule has 0 fully saturated rings. The van der Waals surface area contributed by atoms with Gasteiger partial charge in [-0.1, -0.05) is 179 Å². The van der Waals surface area contributed by atoms with Crippen LogP contribution in [0.3, 0.4) is 0 Å². The van der Waals surface area contributed by atoms with E-state index in [0.717, 1.165) is 21.8 Å². The third-order valence-corrected chi connectivity index (χ3v) is 10.4. The normalized spacial score (nSPS) is 12.8. The molecule has 0 saturated carbocycles. The summed E-state index contributed by atoms with van der Waals surface area (Å²) in [5.74, 6) is 0.741. The van der Waals surface area contributed by atoms with E-state index in [1.54, 1.807) is 0 Å². The van der Waals surface area contributed by atoms with Crippen LogP contribution in [0, 0.1) is 0 Å². The summed E-state index contributed by atoms with van der Waals surface area (Å²) in [6, 6.07) is 54.6. The zero-order chi connectivity index (χ0) is 35.9. The fraction of sp³-hybridized carbons (Fsp3) is 0.250. The maximum absolute atomic E-state index is 7.22. The highest BCUT2D eigenvalue weighted by Gasteiger charge is 2.29. The van der Waals surface area contributed by atoms with Crippen LogP contribution in [-0.4, -0.2) is 12.1 Å². The SMILES string of the molecule is CC(C)c1cccc(C(C)C)c1NC(C)C(C)Nc1c(C(c2ccccc2)c2ccccc2)cc(Cl)cc1C(c1ccccc1)c1ccccc1. The summed E-state index contributed by atoms with van der Waals surface area (Å²) in [6.07, 6.45) is 0. The molecule has 260 valence electrons. The first-order valence-electron chi connectivity index (χ1n) is 18.4. The Morgan fingerprint density at radius 3 is 0.961 bits per heavy atom. The van der Waals surface area contributed by atoms with Gasteiger partial charge in [0, 0.05) is 40.3 Å². The van der Waals surface area contributed by atoms with Crippen LogP contribution in [0.25, 0.3) is 0 Å². The maximum Gasteiger partial charge on any atom is 0.0432 e. The van der Waals surface area contributed by atoms with Crippen LogP contribution in [0.1, 0.15) is 110 Å². The Morgan fingerprint density at radius 2 is 0.667 bits per heavy atom. The number of rotatable bonds is 13. The van der Waals surface area contributed by atoms with Crippen molar-refractivity contribution in [1.29, 1.82) is 0 Å². The zero-order valence-electron chi connectivity index (χ0n) is 30.8. The predicted octanol–water partition coefficient (Wildman–Crippen LogP) is 13.2. The van der Waals surface area contributed by atoms with Gasteiger partial charge in [-0.05, 0) is 82.3 Å². The van der Waals surface area contributed by atoms with Gasteiger partial charge < -0.3 is 10.6 Å². The van der Waals surface area contributed by atoms with Crippen LogP contribution in [0.5, 0.6) is 0 Å². The summed E-state index contributed by atoms with van der Waals surface area (Å²) in [5.41, 5.74) is 12.3. The summed E-state index contributed by atoms with van der Waals surface area (Å²) in [7, 11) is 0. The molecule has 0 radical (unpaired) electrons. The fourth-order valence-corrected chi connectivity index (χ4v) is 7.62. The highest BCUT2D eigenvalue weighted by atomic mass is 35.5. The number of nitrogens with one attached hydrogen (secondary N) is 2. The number of hydrogen-bond acceptors (Lipinski definition) is 2. The van der Waals surface area contributed by atoms with Crippen molar-refractivity contribution in [1.82, 2.24) is 0 Å². The molecule has 2 atom stereocenters. The van der Waals surface area contributed by atoms with Gasteiger partial charge in [-0.3, -0.25) is 0 Å². The average molecular weight is 691 g/mol. The van der Waals surface area contributed by atoms with Gasteiger partial charge in [0.1, 0.15) is 0 Å². The largest absolute Gasteiger partial charge is 0.380 e. The number of hydrogen-bond donors (Lipinski definition) is 2. The first-order valence-corrected chi connectivity index (χ1v) is 18.8. The van der Waals surface area contributed by atoms with Crippen LogP contribution in [-0.2, 0) is 0 Å². The Kier molecular flexibility index (Phi) is 11.6. The second-order valence-corrected chi connectivity index (χ2v) is 14.9. The molecule has 3 heteroatoms. The minimum Gasteiger partial charge on any atom is -0.380 e. The Hall–Kier alpha value is -4.79.